The molecule has 0 saturated heterocycles. The normalized spacial score (nSPS) is 10.6. The van der Waals surface area contributed by atoms with Crippen LogP contribution in [0.2, 0.25) is 5.02 Å². The van der Waals surface area contributed by atoms with Gasteiger partial charge in [-0.3, -0.25) is 9.69 Å². The van der Waals surface area contributed by atoms with Crippen LogP contribution in [0.1, 0.15) is 23.2 Å². The van der Waals surface area contributed by atoms with E-state index in [4.69, 9.17) is 25.5 Å². The molecular formula is C24H19ClN2O5S. The van der Waals surface area contributed by atoms with Gasteiger partial charge in [-0.15, -0.1) is 11.3 Å². The van der Waals surface area contributed by atoms with Gasteiger partial charge in [-0.2, -0.15) is 0 Å². The van der Waals surface area contributed by atoms with Crippen LogP contribution in [0.25, 0.3) is 11.3 Å². The Morgan fingerprint density at radius 3 is 2.61 bits per heavy atom. The molecule has 0 spiro atoms. The number of furan rings is 1. The predicted octanol–water partition coefficient (Wildman–Crippen LogP) is 6.11. The molecule has 0 unspecified atom stereocenters. The monoisotopic (exact) mass is 482 g/mol. The second-order valence-corrected chi connectivity index (χ2v) is 8.11. The van der Waals surface area contributed by atoms with Crippen LogP contribution < -0.4 is 9.64 Å². The van der Waals surface area contributed by atoms with Crippen molar-refractivity contribution in [2.75, 3.05) is 12.0 Å². The number of ether oxygens (including phenoxy) is 2. The Kier molecular flexibility index (Phi) is 6.76. The summed E-state index contributed by atoms with van der Waals surface area (Å²) in [5.41, 5.74) is 1.76. The highest BCUT2D eigenvalue weighted by Crippen LogP contribution is 2.35. The van der Waals surface area contributed by atoms with Crippen LogP contribution in [-0.2, 0) is 16.1 Å². The Hall–Kier alpha value is -3.62. The zero-order valence-corrected chi connectivity index (χ0v) is 19.4. The summed E-state index contributed by atoms with van der Waals surface area (Å²) in [4.78, 5) is 30.7. The summed E-state index contributed by atoms with van der Waals surface area (Å²) >= 11 is 7.44. The Morgan fingerprint density at radius 2 is 1.85 bits per heavy atom. The third-order valence-electron chi connectivity index (χ3n) is 4.67. The molecule has 9 heteroatoms. The summed E-state index contributed by atoms with van der Waals surface area (Å²) in [7, 11) is 1.54. The maximum absolute atomic E-state index is 12.4. The minimum absolute atomic E-state index is 0.0553. The molecule has 0 aliphatic heterocycles. The zero-order valence-electron chi connectivity index (χ0n) is 17.8. The van der Waals surface area contributed by atoms with Crippen molar-refractivity contribution in [2.45, 2.75) is 13.5 Å². The molecule has 0 atom stereocenters. The Bertz CT molecular complexity index is 1300. The molecule has 168 valence electrons. The Morgan fingerprint density at radius 1 is 1.09 bits per heavy atom. The number of halogens is 1. The van der Waals surface area contributed by atoms with Crippen LogP contribution in [0.4, 0.5) is 10.8 Å². The summed E-state index contributed by atoms with van der Waals surface area (Å²) < 4.78 is 16.3. The number of carbonyl (C=O) groups excluding carboxylic acids is 2. The van der Waals surface area contributed by atoms with E-state index >= 15 is 0 Å². The molecule has 1 amide bonds. The van der Waals surface area contributed by atoms with E-state index in [9.17, 15) is 9.59 Å². The van der Waals surface area contributed by atoms with E-state index in [1.54, 1.807) is 35.7 Å². The summed E-state index contributed by atoms with van der Waals surface area (Å²) in [6.07, 6.45) is 0. The molecule has 33 heavy (non-hydrogen) atoms. The number of methoxy groups -OCH3 is 1. The van der Waals surface area contributed by atoms with Crippen LogP contribution in [0.15, 0.2) is 70.5 Å². The van der Waals surface area contributed by atoms with Crippen molar-refractivity contribution < 1.29 is 23.5 Å². The maximum Gasteiger partial charge on any atom is 0.374 e. The predicted molar refractivity (Wildman–Crippen MR) is 126 cm³/mol. The molecule has 0 saturated carbocycles. The minimum Gasteiger partial charge on any atom is -0.495 e. The van der Waals surface area contributed by atoms with E-state index in [-0.39, 0.29) is 18.3 Å². The van der Waals surface area contributed by atoms with Crippen LogP contribution in [-0.4, -0.2) is 24.0 Å². The second-order valence-electron chi connectivity index (χ2n) is 6.87. The van der Waals surface area contributed by atoms with E-state index in [1.807, 2.05) is 24.3 Å². The number of anilines is 2. The van der Waals surface area contributed by atoms with E-state index in [1.165, 1.54) is 36.3 Å². The minimum atomic E-state index is -0.629. The number of amides is 1. The molecule has 2 heterocycles. The smallest absolute Gasteiger partial charge is 0.374 e. The highest BCUT2D eigenvalue weighted by atomic mass is 35.5. The van der Waals surface area contributed by atoms with Crippen molar-refractivity contribution in [1.82, 2.24) is 4.98 Å². The van der Waals surface area contributed by atoms with Crippen LogP contribution in [0, 0.1) is 0 Å². The third-order valence-corrected chi connectivity index (χ3v) is 5.87. The molecule has 0 N–H and O–H groups in total. The number of rotatable bonds is 7. The lowest BCUT2D eigenvalue weighted by Crippen LogP contribution is -2.23. The van der Waals surface area contributed by atoms with Gasteiger partial charge in [0.2, 0.25) is 11.7 Å². The lowest BCUT2D eigenvalue weighted by atomic mass is 10.2. The van der Waals surface area contributed by atoms with Gasteiger partial charge in [-0.05, 0) is 36.4 Å². The van der Waals surface area contributed by atoms with Gasteiger partial charge in [0.05, 0.1) is 23.5 Å². The lowest BCUT2D eigenvalue weighted by molar-refractivity contribution is -0.115. The number of hydrogen-bond donors (Lipinski definition) is 0. The van der Waals surface area contributed by atoms with Gasteiger partial charge in [-0.25, -0.2) is 9.78 Å². The number of para-hydroxylation sites is 2. The van der Waals surface area contributed by atoms with Crippen LogP contribution >= 0.6 is 22.9 Å². The molecule has 0 fully saturated rings. The quantitative estimate of drug-likeness (QED) is 0.296. The van der Waals surface area contributed by atoms with Crippen molar-refractivity contribution in [1.29, 1.82) is 0 Å². The van der Waals surface area contributed by atoms with Crippen molar-refractivity contribution >= 4 is 45.6 Å². The first-order valence-electron chi connectivity index (χ1n) is 9.88. The standard InChI is InChI=1S/C24H19ClN2O5S/c1-15(28)27(19-9-5-6-10-21(19)30-2)24-26-16(14-33-24)13-31-23(29)22-12-11-20(32-22)17-7-3-4-8-18(17)25/h3-12,14H,13H2,1-2H3. The number of aromatic nitrogens is 1. The van der Waals surface area contributed by atoms with Gasteiger partial charge in [0, 0.05) is 17.9 Å². The van der Waals surface area contributed by atoms with Crippen molar-refractivity contribution in [3.63, 3.8) is 0 Å². The van der Waals surface area contributed by atoms with Crippen molar-refractivity contribution in [2.24, 2.45) is 0 Å². The molecule has 4 aromatic rings. The molecule has 2 aromatic heterocycles. The largest absolute Gasteiger partial charge is 0.495 e. The number of nitrogens with zero attached hydrogens (tertiary/aromatic N) is 2. The van der Waals surface area contributed by atoms with E-state index < -0.39 is 5.97 Å². The number of hydrogen-bond acceptors (Lipinski definition) is 7. The maximum atomic E-state index is 12.4. The van der Waals surface area contributed by atoms with Crippen molar-refractivity contribution in [3.05, 3.63) is 82.5 Å². The number of carbonyl (C=O) groups is 2. The molecule has 0 aliphatic rings. The van der Waals surface area contributed by atoms with E-state index in [0.29, 0.717) is 38.6 Å². The zero-order chi connectivity index (χ0) is 23.4. The molecule has 0 radical (unpaired) electrons. The van der Waals surface area contributed by atoms with Crippen LogP contribution in [0.3, 0.4) is 0 Å². The fraction of sp³-hybridized carbons (Fsp3) is 0.125. The topological polar surface area (TPSA) is 81.9 Å². The van der Waals surface area contributed by atoms with Crippen LogP contribution in [0.5, 0.6) is 5.75 Å². The Balaban J connectivity index is 1.46. The summed E-state index contributed by atoms with van der Waals surface area (Å²) in [5, 5.41) is 2.69. The first-order valence-corrected chi connectivity index (χ1v) is 11.1. The average Bonchev–Trinajstić information content (AvgIpc) is 3.48. The van der Waals surface area contributed by atoms with Gasteiger partial charge in [0.1, 0.15) is 18.1 Å². The first kappa shape index (κ1) is 22.6. The van der Waals surface area contributed by atoms with Gasteiger partial charge in [0.25, 0.3) is 0 Å². The molecule has 4 rings (SSSR count). The van der Waals surface area contributed by atoms with Crippen molar-refractivity contribution in [3.8, 4) is 17.1 Å². The second kappa shape index (κ2) is 9.89. The summed E-state index contributed by atoms with van der Waals surface area (Å²) in [6.45, 7) is 1.37. The number of thiazole rings is 1. The molecule has 7 nitrogen and oxygen atoms in total. The highest BCUT2D eigenvalue weighted by molar-refractivity contribution is 7.14. The molecule has 0 bridgehead atoms. The van der Waals surface area contributed by atoms with E-state index in [0.717, 1.165) is 0 Å². The van der Waals surface area contributed by atoms with Gasteiger partial charge in [-0.1, -0.05) is 35.9 Å². The van der Waals surface area contributed by atoms with Gasteiger partial charge < -0.3 is 13.9 Å². The molecular weight excluding hydrogens is 464 g/mol. The van der Waals surface area contributed by atoms with Gasteiger partial charge >= 0.3 is 5.97 Å². The number of esters is 1. The number of benzene rings is 2. The third kappa shape index (κ3) is 4.92. The van der Waals surface area contributed by atoms with Gasteiger partial charge in [0.15, 0.2) is 5.13 Å². The molecule has 0 aliphatic carbocycles. The lowest BCUT2D eigenvalue weighted by Gasteiger charge is -2.20. The summed E-state index contributed by atoms with van der Waals surface area (Å²) in [5.74, 6) is 0.219. The molecule has 2 aromatic carbocycles. The van der Waals surface area contributed by atoms with E-state index in [2.05, 4.69) is 4.98 Å². The SMILES string of the molecule is COc1ccccc1N(C(C)=O)c1nc(COC(=O)c2ccc(-c3ccccc3Cl)o2)cs1. The Labute approximate surface area is 199 Å². The fourth-order valence-electron chi connectivity index (χ4n) is 3.15. The summed E-state index contributed by atoms with van der Waals surface area (Å²) in [6, 6.07) is 17.6. The highest BCUT2D eigenvalue weighted by Gasteiger charge is 2.22. The fourth-order valence-corrected chi connectivity index (χ4v) is 4.24. The average molecular weight is 483 g/mol. The first-order chi connectivity index (χ1) is 16.0.